The second-order valence-corrected chi connectivity index (χ2v) is 7.62. The average molecular weight is 474 g/mol. The highest BCUT2D eigenvalue weighted by molar-refractivity contribution is 14.0. The van der Waals surface area contributed by atoms with Crippen LogP contribution in [0.3, 0.4) is 0 Å². The molecule has 3 rings (SSSR count). The summed E-state index contributed by atoms with van der Waals surface area (Å²) in [5, 5.41) is 11.5. The molecule has 26 heavy (non-hydrogen) atoms. The van der Waals surface area contributed by atoms with Gasteiger partial charge in [-0.15, -0.1) is 24.0 Å². The van der Waals surface area contributed by atoms with Crippen LogP contribution in [0.1, 0.15) is 43.1 Å². The minimum Gasteiger partial charge on any atom is -0.357 e. The Morgan fingerprint density at radius 1 is 1.27 bits per heavy atom. The van der Waals surface area contributed by atoms with Crippen molar-refractivity contribution in [3.63, 3.8) is 0 Å². The molecule has 6 nitrogen and oxygen atoms in total. The van der Waals surface area contributed by atoms with Crippen LogP contribution in [-0.4, -0.2) is 59.4 Å². The third-order valence-electron chi connectivity index (χ3n) is 5.46. The van der Waals surface area contributed by atoms with Crippen LogP contribution in [0.25, 0.3) is 0 Å². The number of guanidine groups is 1. The number of aryl methyl sites for hydroxylation is 2. The third kappa shape index (κ3) is 5.84. The smallest absolute Gasteiger partial charge is 0.191 e. The van der Waals surface area contributed by atoms with Crippen molar-refractivity contribution in [2.45, 2.75) is 52.5 Å². The predicted molar refractivity (Wildman–Crippen MR) is 118 cm³/mol. The Labute approximate surface area is 175 Å². The molecule has 0 spiro atoms. The zero-order valence-electron chi connectivity index (χ0n) is 16.7. The molecule has 1 aliphatic carbocycles. The van der Waals surface area contributed by atoms with E-state index in [0.717, 1.165) is 43.6 Å². The molecule has 0 amide bonds. The molecule has 0 radical (unpaired) electrons. The van der Waals surface area contributed by atoms with E-state index in [2.05, 4.69) is 41.4 Å². The number of hydrogen-bond acceptors (Lipinski definition) is 3. The molecule has 2 N–H and O–H groups in total. The number of likely N-dealkylation sites (tertiary alicyclic amines) is 1. The standard InChI is InChI=1S/C19H34N6.HI/c1-5-20-19(21-10-8-18-14(2)23-24(4)15(18)3)22-17-9-11-25(13-17)12-16-6-7-16;/h16-17H,5-13H2,1-4H3,(H2,20,21,22);1H. The number of aromatic nitrogens is 2. The summed E-state index contributed by atoms with van der Waals surface area (Å²) in [6.07, 6.45) is 5.04. The molecule has 2 fully saturated rings. The van der Waals surface area contributed by atoms with Crippen LogP contribution in [0.5, 0.6) is 0 Å². The van der Waals surface area contributed by atoms with Gasteiger partial charge >= 0.3 is 0 Å². The second-order valence-electron chi connectivity index (χ2n) is 7.62. The number of nitrogens with one attached hydrogen (secondary N) is 2. The Morgan fingerprint density at radius 3 is 2.65 bits per heavy atom. The molecule has 2 heterocycles. The number of nitrogens with zero attached hydrogens (tertiary/aromatic N) is 4. The van der Waals surface area contributed by atoms with Crippen LogP contribution < -0.4 is 10.6 Å². The summed E-state index contributed by atoms with van der Waals surface area (Å²) in [6, 6.07) is 0.526. The number of halogens is 1. The SMILES string of the molecule is CCNC(=NCCc1c(C)nn(C)c1C)NC1CCN(CC2CC2)C1.I. The average Bonchev–Trinajstić information content (AvgIpc) is 3.22. The van der Waals surface area contributed by atoms with Crippen molar-refractivity contribution in [3.8, 4) is 0 Å². The van der Waals surface area contributed by atoms with Crippen molar-refractivity contribution in [2.24, 2.45) is 18.0 Å². The molecule has 148 valence electrons. The highest BCUT2D eigenvalue weighted by Crippen LogP contribution is 2.30. The van der Waals surface area contributed by atoms with Crippen molar-refractivity contribution >= 4 is 29.9 Å². The predicted octanol–water partition coefficient (Wildman–Crippen LogP) is 2.24. The normalized spacial score (nSPS) is 20.9. The summed E-state index contributed by atoms with van der Waals surface area (Å²) < 4.78 is 1.96. The molecule has 7 heteroatoms. The zero-order valence-corrected chi connectivity index (χ0v) is 19.0. The topological polar surface area (TPSA) is 57.5 Å². The summed E-state index contributed by atoms with van der Waals surface area (Å²) in [6.45, 7) is 11.7. The summed E-state index contributed by atoms with van der Waals surface area (Å²) in [7, 11) is 2.01. The molecule has 0 bridgehead atoms. The first-order valence-electron chi connectivity index (χ1n) is 9.83. The maximum atomic E-state index is 4.80. The van der Waals surface area contributed by atoms with Crippen LogP contribution in [0.2, 0.25) is 0 Å². The van der Waals surface area contributed by atoms with Gasteiger partial charge in [0.15, 0.2) is 5.96 Å². The van der Waals surface area contributed by atoms with E-state index in [1.54, 1.807) is 0 Å². The van der Waals surface area contributed by atoms with Crippen molar-refractivity contribution in [2.75, 3.05) is 32.7 Å². The third-order valence-corrected chi connectivity index (χ3v) is 5.46. The summed E-state index contributed by atoms with van der Waals surface area (Å²) in [5.41, 5.74) is 3.70. The van der Waals surface area contributed by atoms with Gasteiger partial charge in [-0.2, -0.15) is 5.10 Å². The minimum atomic E-state index is 0. The molecule has 1 saturated heterocycles. The molecule has 1 aromatic rings. The van der Waals surface area contributed by atoms with Crippen LogP contribution in [-0.2, 0) is 13.5 Å². The largest absolute Gasteiger partial charge is 0.357 e. The Morgan fingerprint density at radius 2 is 2.04 bits per heavy atom. The lowest BCUT2D eigenvalue weighted by Crippen LogP contribution is -2.44. The van der Waals surface area contributed by atoms with E-state index in [9.17, 15) is 0 Å². The Kier molecular flexibility index (Phi) is 8.19. The number of rotatable bonds is 7. The molecular formula is C19H35IN6. The van der Waals surface area contributed by atoms with E-state index in [0.29, 0.717) is 6.04 Å². The lowest BCUT2D eigenvalue weighted by atomic mass is 10.1. The molecule has 2 aliphatic rings. The number of aliphatic imine (C=N–C) groups is 1. The maximum absolute atomic E-state index is 4.80. The Hall–Kier alpha value is -0.830. The van der Waals surface area contributed by atoms with E-state index < -0.39 is 0 Å². The van der Waals surface area contributed by atoms with E-state index >= 15 is 0 Å². The van der Waals surface area contributed by atoms with Gasteiger partial charge in [0, 0.05) is 51.5 Å². The zero-order chi connectivity index (χ0) is 17.8. The number of hydrogen-bond donors (Lipinski definition) is 2. The van der Waals surface area contributed by atoms with Crippen molar-refractivity contribution in [1.82, 2.24) is 25.3 Å². The van der Waals surface area contributed by atoms with Crippen molar-refractivity contribution in [1.29, 1.82) is 0 Å². The van der Waals surface area contributed by atoms with E-state index in [4.69, 9.17) is 4.99 Å². The van der Waals surface area contributed by atoms with Gasteiger partial charge in [0.05, 0.1) is 5.69 Å². The van der Waals surface area contributed by atoms with Gasteiger partial charge in [0.25, 0.3) is 0 Å². The van der Waals surface area contributed by atoms with Gasteiger partial charge in [-0.3, -0.25) is 9.67 Å². The van der Waals surface area contributed by atoms with Crippen LogP contribution >= 0.6 is 24.0 Å². The monoisotopic (exact) mass is 474 g/mol. The van der Waals surface area contributed by atoms with E-state index in [-0.39, 0.29) is 24.0 Å². The molecule has 1 unspecified atom stereocenters. The first kappa shape index (κ1) is 21.5. The summed E-state index contributed by atoms with van der Waals surface area (Å²) in [4.78, 5) is 7.41. The van der Waals surface area contributed by atoms with Crippen molar-refractivity contribution in [3.05, 3.63) is 17.0 Å². The molecular weight excluding hydrogens is 439 g/mol. The minimum absolute atomic E-state index is 0. The fourth-order valence-corrected chi connectivity index (χ4v) is 3.75. The second kappa shape index (κ2) is 9.92. The van der Waals surface area contributed by atoms with Crippen LogP contribution in [0.4, 0.5) is 0 Å². The van der Waals surface area contributed by atoms with Gasteiger partial charge in [0.2, 0.25) is 0 Å². The quantitative estimate of drug-likeness (QED) is 0.362. The van der Waals surface area contributed by atoms with Crippen LogP contribution in [0.15, 0.2) is 4.99 Å². The lowest BCUT2D eigenvalue weighted by molar-refractivity contribution is 0.318. The molecule has 1 aliphatic heterocycles. The van der Waals surface area contributed by atoms with Gasteiger partial charge < -0.3 is 15.5 Å². The van der Waals surface area contributed by atoms with Gasteiger partial charge in [-0.25, -0.2) is 0 Å². The molecule has 1 aromatic heterocycles. The summed E-state index contributed by atoms with van der Waals surface area (Å²) in [5.74, 6) is 1.94. The van der Waals surface area contributed by atoms with Gasteiger partial charge in [-0.05, 0) is 57.9 Å². The fourth-order valence-electron chi connectivity index (χ4n) is 3.75. The highest BCUT2D eigenvalue weighted by atomic mass is 127. The van der Waals surface area contributed by atoms with E-state index in [1.165, 1.54) is 43.6 Å². The Balaban J connectivity index is 0.00000243. The molecule has 1 atom stereocenters. The molecule has 1 saturated carbocycles. The first-order valence-corrected chi connectivity index (χ1v) is 9.83. The van der Waals surface area contributed by atoms with Gasteiger partial charge in [0.1, 0.15) is 0 Å². The first-order chi connectivity index (χ1) is 12.1. The van der Waals surface area contributed by atoms with Crippen LogP contribution in [0, 0.1) is 19.8 Å². The fraction of sp³-hybridized carbons (Fsp3) is 0.789. The van der Waals surface area contributed by atoms with E-state index in [1.807, 2.05) is 11.7 Å². The van der Waals surface area contributed by atoms with Crippen molar-refractivity contribution < 1.29 is 0 Å². The highest BCUT2D eigenvalue weighted by Gasteiger charge is 2.29. The summed E-state index contributed by atoms with van der Waals surface area (Å²) >= 11 is 0. The Bertz CT molecular complexity index is 607. The lowest BCUT2D eigenvalue weighted by Gasteiger charge is -2.18. The molecule has 0 aromatic carbocycles. The van der Waals surface area contributed by atoms with Gasteiger partial charge in [-0.1, -0.05) is 0 Å². The maximum Gasteiger partial charge on any atom is 0.191 e.